The number of hydrogen-bond acceptors (Lipinski definition) is 1. The molecule has 2 aliphatic carbocycles. The van der Waals surface area contributed by atoms with Gasteiger partial charge in [0.1, 0.15) is 0 Å². The molecule has 1 amide bonds. The van der Waals surface area contributed by atoms with Gasteiger partial charge in [-0.25, -0.2) is 0 Å². The van der Waals surface area contributed by atoms with E-state index in [0.29, 0.717) is 18.4 Å². The Kier molecular flexibility index (Phi) is 3.36. The van der Waals surface area contributed by atoms with Crippen molar-refractivity contribution in [1.29, 1.82) is 0 Å². The Balaban J connectivity index is 1.68. The lowest BCUT2D eigenvalue weighted by Gasteiger charge is -2.25. The average Bonchev–Trinajstić information content (AvgIpc) is 3.03. The quantitative estimate of drug-likeness (QED) is 0.773. The van der Waals surface area contributed by atoms with Crippen molar-refractivity contribution in [2.45, 2.75) is 19.4 Å². The molecule has 2 bridgehead atoms. The van der Waals surface area contributed by atoms with Gasteiger partial charge in [0.15, 0.2) is 0 Å². The summed E-state index contributed by atoms with van der Waals surface area (Å²) in [6.07, 6.45) is 6.67. The van der Waals surface area contributed by atoms with E-state index in [4.69, 9.17) is 11.6 Å². The van der Waals surface area contributed by atoms with Crippen LogP contribution in [0, 0.1) is 17.8 Å². The number of allylic oxidation sites excluding steroid dienone is 2. The van der Waals surface area contributed by atoms with Gasteiger partial charge in [0, 0.05) is 24.5 Å². The molecule has 1 aromatic carbocycles. The van der Waals surface area contributed by atoms with Crippen LogP contribution in [0.3, 0.4) is 0 Å². The van der Waals surface area contributed by atoms with Gasteiger partial charge in [-0.2, -0.15) is 0 Å². The van der Waals surface area contributed by atoms with E-state index in [0.717, 1.165) is 23.4 Å². The second-order valence-corrected chi connectivity index (χ2v) is 6.08. The lowest BCUT2D eigenvalue weighted by Crippen LogP contribution is -2.34. The highest BCUT2D eigenvalue weighted by atomic mass is 35.5. The lowest BCUT2D eigenvalue weighted by atomic mass is 9.92. The van der Waals surface area contributed by atoms with Gasteiger partial charge in [-0.05, 0) is 36.3 Å². The minimum absolute atomic E-state index is 0.183. The Labute approximate surface area is 119 Å². The molecule has 3 unspecified atom stereocenters. The fraction of sp³-hybridized carbons (Fsp3) is 0.438. The molecule has 2 aliphatic rings. The van der Waals surface area contributed by atoms with Gasteiger partial charge in [-0.3, -0.25) is 4.79 Å². The van der Waals surface area contributed by atoms with Gasteiger partial charge in [0.05, 0.1) is 0 Å². The van der Waals surface area contributed by atoms with Gasteiger partial charge >= 0.3 is 0 Å². The van der Waals surface area contributed by atoms with Crippen LogP contribution >= 0.6 is 11.6 Å². The first-order valence-corrected chi connectivity index (χ1v) is 7.19. The van der Waals surface area contributed by atoms with Crippen molar-refractivity contribution < 1.29 is 4.79 Å². The van der Waals surface area contributed by atoms with Crippen LogP contribution in [0.1, 0.15) is 18.4 Å². The van der Waals surface area contributed by atoms with Crippen molar-refractivity contribution >= 4 is 17.5 Å². The number of hydrogen-bond donors (Lipinski definition) is 0. The number of carbonyl (C=O) groups excluding carboxylic acids is 1. The standard InChI is InChI=1S/C16H18ClNO/c1-18(10-13-4-2-3-5-15(13)17)16(19)14-9-11-6-7-12(14)8-11/h2-7,11-12,14H,8-10H2,1H3. The van der Waals surface area contributed by atoms with Crippen LogP contribution in [-0.4, -0.2) is 17.9 Å². The number of benzene rings is 1. The predicted molar refractivity (Wildman–Crippen MR) is 76.8 cm³/mol. The van der Waals surface area contributed by atoms with E-state index >= 15 is 0 Å². The summed E-state index contributed by atoms with van der Waals surface area (Å²) in [6, 6.07) is 7.72. The molecular weight excluding hydrogens is 258 g/mol. The largest absolute Gasteiger partial charge is 0.341 e. The highest BCUT2D eigenvalue weighted by molar-refractivity contribution is 6.31. The average molecular weight is 276 g/mol. The molecule has 0 aliphatic heterocycles. The summed E-state index contributed by atoms with van der Waals surface area (Å²) in [5.41, 5.74) is 1.01. The van der Waals surface area contributed by atoms with Crippen LogP contribution in [0.15, 0.2) is 36.4 Å². The third-order valence-corrected chi connectivity index (χ3v) is 4.71. The molecule has 0 N–H and O–H groups in total. The zero-order chi connectivity index (χ0) is 13.4. The highest BCUT2D eigenvalue weighted by Gasteiger charge is 2.40. The molecule has 1 saturated carbocycles. The first kappa shape index (κ1) is 12.7. The zero-order valence-electron chi connectivity index (χ0n) is 11.1. The van der Waals surface area contributed by atoms with Gasteiger partial charge in [-0.15, -0.1) is 0 Å². The SMILES string of the molecule is CN(Cc1ccccc1Cl)C(=O)C1CC2C=CC1C2. The molecule has 19 heavy (non-hydrogen) atoms. The number of carbonyl (C=O) groups is 1. The minimum Gasteiger partial charge on any atom is -0.341 e. The first-order valence-electron chi connectivity index (χ1n) is 6.82. The number of rotatable bonds is 3. The fourth-order valence-electron chi connectivity index (χ4n) is 3.31. The van der Waals surface area contributed by atoms with Crippen LogP contribution < -0.4 is 0 Å². The summed E-state index contributed by atoms with van der Waals surface area (Å²) in [5.74, 6) is 1.54. The zero-order valence-corrected chi connectivity index (χ0v) is 11.8. The van der Waals surface area contributed by atoms with E-state index in [1.54, 1.807) is 0 Å². The summed E-state index contributed by atoms with van der Waals surface area (Å²) in [7, 11) is 1.88. The summed E-state index contributed by atoms with van der Waals surface area (Å²) >= 11 is 6.15. The normalized spacial score (nSPS) is 27.8. The van der Waals surface area contributed by atoms with Gasteiger partial charge < -0.3 is 4.90 Å². The van der Waals surface area contributed by atoms with Gasteiger partial charge in [-0.1, -0.05) is 42.0 Å². The lowest BCUT2D eigenvalue weighted by molar-refractivity contribution is -0.135. The number of halogens is 1. The molecule has 2 nitrogen and oxygen atoms in total. The molecule has 100 valence electrons. The maximum absolute atomic E-state index is 12.5. The van der Waals surface area contributed by atoms with Crippen LogP contribution in [0.25, 0.3) is 0 Å². The molecule has 0 spiro atoms. The molecule has 0 radical (unpaired) electrons. The van der Waals surface area contributed by atoms with E-state index in [9.17, 15) is 4.79 Å². The summed E-state index contributed by atoms with van der Waals surface area (Å²) in [5, 5.41) is 0.731. The second kappa shape index (κ2) is 5.01. The van der Waals surface area contributed by atoms with Gasteiger partial charge in [0.2, 0.25) is 5.91 Å². The van der Waals surface area contributed by atoms with E-state index in [1.165, 1.54) is 0 Å². The topological polar surface area (TPSA) is 20.3 Å². The number of nitrogens with zero attached hydrogens (tertiary/aromatic N) is 1. The van der Waals surface area contributed by atoms with E-state index < -0.39 is 0 Å². The second-order valence-electron chi connectivity index (χ2n) is 5.67. The van der Waals surface area contributed by atoms with Crippen molar-refractivity contribution in [1.82, 2.24) is 4.90 Å². The van der Waals surface area contributed by atoms with Gasteiger partial charge in [0.25, 0.3) is 0 Å². The molecular formula is C16H18ClNO. The molecule has 0 aromatic heterocycles. The third kappa shape index (κ3) is 2.42. The molecule has 0 heterocycles. The minimum atomic E-state index is 0.183. The Morgan fingerprint density at radius 3 is 2.74 bits per heavy atom. The van der Waals surface area contributed by atoms with Crippen molar-refractivity contribution in [2.24, 2.45) is 17.8 Å². The van der Waals surface area contributed by atoms with Crippen LogP contribution in [-0.2, 0) is 11.3 Å². The molecule has 3 rings (SSSR count). The van der Waals surface area contributed by atoms with Crippen molar-refractivity contribution in [3.05, 3.63) is 47.0 Å². The Morgan fingerprint density at radius 1 is 1.32 bits per heavy atom. The monoisotopic (exact) mass is 275 g/mol. The summed E-state index contributed by atoms with van der Waals surface area (Å²) in [4.78, 5) is 14.3. The number of amides is 1. The van der Waals surface area contributed by atoms with Crippen molar-refractivity contribution in [2.75, 3.05) is 7.05 Å². The highest BCUT2D eigenvalue weighted by Crippen LogP contribution is 2.44. The molecule has 1 fully saturated rings. The third-order valence-electron chi connectivity index (χ3n) is 4.34. The molecule has 0 saturated heterocycles. The Bertz CT molecular complexity index is 525. The summed E-state index contributed by atoms with van der Waals surface area (Å²) in [6.45, 7) is 0.593. The molecule has 1 aromatic rings. The maximum atomic E-state index is 12.5. The predicted octanol–water partition coefficient (Wildman–Crippen LogP) is 3.51. The number of fused-ring (bicyclic) bond motifs is 2. The first-order chi connectivity index (χ1) is 9.15. The van der Waals surface area contributed by atoms with Crippen LogP contribution in [0.5, 0.6) is 0 Å². The van der Waals surface area contributed by atoms with E-state index in [1.807, 2.05) is 36.2 Å². The van der Waals surface area contributed by atoms with Crippen LogP contribution in [0.2, 0.25) is 5.02 Å². The van der Waals surface area contributed by atoms with E-state index in [-0.39, 0.29) is 11.8 Å². The Hall–Kier alpha value is -1.28. The fourth-order valence-corrected chi connectivity index (χ4v) is 3.50. The smallest absolute Gasteiger partial charge is 0.226 e. The molecule has 3 heteroatoms. The maximum Gasteiger partial charge on any atom is 0.226 e. The van der Waals surface area contributed by atoms with E-state index in [2.05, 4.69) is 12.2 Å². The van der Waals surface area contributed by atoms with Crippen LogP contribution in [0.4, 0.5) is 0 Å². The summed E-state index contributed by atoms with van der Waals surface area (Å²) < 4.78 is 0. The van der Waals surface area contributed by atoms with Crippen molar-refractivity contribution in [3.8, 4) is 0 Å². The van der Waals surface area contributed by atoms with Crippen molar-refractivity contribution in [3.63, 3.8) is 0 Å². The Morgan fingerprint density at radius 2 is 2.11 bits per heavy atom. The molecule has 3 atom stereocenters.